The number of nitriles is 1. The summed E-state index contributed by atoms with van der Waals surface area (Å²) in [5.41, 5.74) is 3.47. The van der Waals surface area contributed by atoms with Gasteiger partial charge in [-0.2, -0.15) is 5.26 Å². The van der Waals surface area contributed by atoms with Crippen LogP contribution in [0, 0.1) is 11.3 Å². The second-order valence-corrected chi connectivity index (χ2v) is 9.91. The molecule has 0 spiro atoms. The van der Waals surface area contributed by atoms with Gasteiger partial charge in [0.1, 0.15) is 0 Å². The molecule has 1 fully saturated rings. The number of hydrogen-bond donors (Lipinski definition) is 1. The highest BCUT2D eigenvalue weighted by Gasteiger charge is 2.27. The van der Waals surface area contributed by atoms with E-state index in [2.05, 4.69) is 15.9 Å². The van der Waals surface area contributed by atoms with E-state index in [0.29, 0.717) is 25.1 Å². The Balaban J connectivity index is 1.33. The second kappa shape index (κ2) is 9.38. The van der Waals surface area contributed by atoms with E-state index in [-0.39, 0.29) is 10.8 Å². The van der Waals surface area contributed by atoms with Crippen LogP contribution >= 0.6 is 0 Å². The van der Waals surface area contributed by atoms with Crippen molar-refractivity contribution < 1.29 is 13.2 Å². The number of benzene rings is 2. The highest BCUT2D eigenvalue weighted by molar-refractivity contribution is 7.89. The van der Waals surface area contributed by atoms with Crippen molar-refractivity contribution in [3.8, 4) is 6.07 Å². The van der Waals surface area contributed by atoms with Gasteiger partial charge in [0.2, 0.25) is 15.9 Å². The number of anilines is 1. The molecule has 168 valence electrons. The van der Waals surface area contributed by atoms with Crippen molar-refractivity contribution in [2.24, 2.45) is 5.14 Å². The molecule has 1 amide bonds. The highest BCUT2D eigenvalue weighted by atomic mass is 32.2. The number of nitrogens with zero attached hydrogens (tertiary/aromatic N) is 4. The molecule has 0 unspecified atom stereocenters. The number of nitrogens with two attached hydrogens (primary N) is 1. The number of carbonyl (C=O) groups is 1. The first-order valence-electron chi connectivity index (χ1n) is 10.7. The van der Waals surface area contributed by atoms with Crippen LogP contribution in [-0.2, 0) is 27.8 Å². The summed E-state index contributed by atoms with van der Waals surface area (Å²) in [5.74, 6) is 0.0349. The van der Waals surface area contributed by atoms with Gasteiger partial charge in [-0.3, -0.25) is 14.6 Å². The van der Waals surface area contributed by atoms with Gasteiger partial charge in [-0.1, -0.05) is 12.1 Å². The zero-order valence-corrected chi connectivity index (χ0v) is 18.7. The number of hydrogen-bond acceptors (Lipinski definition) is 6. The van der Waals surface area contributed by atoms with Crippen LogP contribution < -0.4 is 10.0 Å². The Morgan fingerprint density at radius 2 is 1.72 bits per heavy atom. The van der Waals surface area contributed by atoms with Crippen LogP contribution in [0.3, 0.4) is 0 Å². The summed E-state index contributed by atoms with van der Waals surface area (Å²) in [5, 5.41) is 14.2. The van der Waals surface area contributed by atoms with Crippen molar-refractivity contribution in [2.45, 2.75) is 24.3 Å². The van der Waals surface area contributed by atoms with E-state index < -0.39 is 10.0 Å². The Morgan fingerprint density at radius 3 is 2.44 bits per heavy atom. The first-order chi connectivity index (χ1) is 15.3. The van der Waals surface area contributed by atoms with Crippen LogP contribution in [-0.4, -0.2) is 63.4 Å². The Bertz CT molecular complexity index is 1140. The Hall–Kier alpha value is -2.77. The van der Waals surface area contributed by atoms with Crippen molar-refractivity contribution in [3.63, 3.8) is 0 Å². The number of primary sulfonamides is 1. The third-order valence-corrected chi connectivity index (χ3v) is 7.02. The first-order valence-corrected chi connectivity index (χ1v) is 12.3. The molecule has 0 radical (unpaired) electrons. The van der Waals surface area contributed by atoms with Crippen LogP contribution in [0.5, 0.6) is 0 Å². The van der Waals surface area contributed by atoms with Crippen LogP contribution in [0.4, 0.5) is 5.69 Å². The molecule has 0 bridgehead atoms. The summed E-state index contributed by atoms with van der Waals surface area (Å²) >= 11 is 0. The van der Waals surface area contributed by atoms with Gasteiger partial charge >= 0.3 is 0 Å². The zero-order chi connectivity index (χ0) is 22.7. The largest absolute Gasteiger partial charge is 0.311 e. The number of sulfonamides is 1. The van der Waals surface area contributed by atoms with E-state index >= 15 is 0 Å². The van der Waals surface area contributed by atoms with Crippen molar-refractivity contribution in [2.75, 3.05) is 44.2 Å². The monoisotopic (exact) mass is 453 g/mol. The predicted octanol–water partition coefficient (Wildman–Crippen LogP) is 1.30. The van der Waals surface area contributed by atoms with Crippen molar-refractivity contribution in [1.82, 2.24) is 9.80 Å². The van der Waals surface area contributed by atoms with Crippen molar-refractivity contribution in [1.29, 1.82) is 5.26 Å². The van der Waals surface area contributed by atoms with Crippen LogP contribution in [0.25, 0.3) is 0 Å². The normalized spacial score (nSPS) is 17.6. The molecule has 0 saturated carbocycles. The van der Waals surface area contributed by atoms with Gasteiger partial charge in [0.15, 0.2) is 0 Å². The third-order valence-electron chi connectivity index (χ3n) is 6.11. The number of amides is 1. The summed E-state index contributed by atoms with van der Waals surface area (Å²) < 4.78 is 23.2. The molecule has 0 aliphatic carbocycles. The highest BCUT2D eigenvalue weighted by Crippen LogP contribution is 2.30. The summed E-state index contributed by atoms with van der Waals surface area (Å²) in [6.45, 7) is 5.25. The standard InChI is InChI=1S/C23H27N5O3S/c24-15-18-2-4-19(5-3-18)16-26-9-1-10-27(13-12-26)17-23(29)28-11-8-20-14-21(32(25,30)31)6-7-22(20)28/h2-7,14H,1,8-13,16-17H2,(H2,25,30,31). The maximum absolute atomic E-state index is 13.0. The molecule has 0 atom stereocenters. The summed E-state index contributed by atoms with van der Waals surface area (Å²) in [6.07, 6.45) is 1.61. The molecule has 4 rings (SSSR count). The smallest absolute Gasteiger partial charge is 0.241 e. The van der Waals surface area contributed by atoms with Crippen molar-refractivity contribution >= 4 is 21.6 Å². The van der Waals surface area contributed by atoms with E-state index in [9.17, 15) is 13.2 Å². The fraction of sp³-hybridized carbons (Fsp3) is 0.391. The van der Waals surface area contributed by atoms with Crippen LogP contribution in [0.15, 0.2) is 47.4 Å². The first kappa shape index (κ1) is 22.4. The van der Waals surface area contributed by atoms with Gasteiger partial charge in [-0.15, -0.1) is 0 Å². The topological polar surface area (TPSA) is 111 Å². The maximum Gasteiger partial charge on any atom is 0.241 e. The molecule has 1 saturated heterocycles. The molecule has 2 heterocycles. The van der Waals surface area contributed by atoms with Gasteiger partial charge in [0.05, 0.1) is 23.1 Å². The van der Waals surface area contributed by atoms with Gasteiger partial charge in [-0.25, -0.2) is 13.6 Å². The summed E-state index contributed by atoms with van der Waals surface area (Å²) in [4.78, 5) is 19.4. The van der Waals surface area contributed by atoms with E-state index in [1.54, 1.807) is 17.0 Å². The van der Waals surface area contributed by atoms with E-state index in [4.69, 9.17) is 10.4 Å². The average molecular weight is 454 g/mol. The third kappa shape index (κ3) is 5.16. The van der Waals surface area contributed by atoms with E-state index in [0.717, 1.165) is 50.4 Å². The molecule has 8 nitrogen and oxygen atoms in total. The van der Waals surface area contributed by atoms with Gasteiger partial charge in [-0.05, 0) is 67.4 Å². The van der Waals surface area contributed by atoms with Gasteiger partial charge in [0.25, 0.3) is 0 Å². The Labute approximate surface area is 188 Å². The lowest BCUT2D eigenvalue weighted by Gasteiger charge is -2.24. The van der Waals surface area contributed by atoms with Gasteiger partial charge < -0.3 is 4.90 Å². The molecule has 2 N–H and O–H groups in total. The number of rotatable bonds is 5. The summed E-state index contributed by atoms with van der Waals surface area (Å²) in [6, 6.07) is 14.5. The Morgan fingerprint density at radius 1 is 1.00 bits per heavy atom. The fourth-order valence-electron chi connectivity index (χ4n) is 4.37. The number of carbonyl (C=O) groups excluding carboxylic acids is 1. The Kier molecular flexibility index (Phi) is 6.58. The molecule has 2 aromatic carbocycles. The minimum absolute atomic E-state index is 0.0349. The molecular formula is C23H27N5O3S. The van der Waals surface area contributed by atoms with Crippen LogP contribution in [0.2, 0.25) is 0 Å². The van der Waals surface area contributed by atoms with E-state index in [1.165, 1.54) is 11.6 Å². The number of fused-ring (bicyclic) bond motifs is 1. The quantitative estimate of drug-likeness (QED) is 0.731. The molecule has 2 aliphatic heterocycles. The molecule has 0 aromatic heterocycles. The second-order valence-electron chi connectivity index (χ2n) is 8.35. The van der Waals surface area contributed by atoms with Crippen LogP contribution in [0.1, 0.15) is 23.1 Å². The minimum Gasteiger partial charge on any atom is -0.311 e. The fourth-order valence-corrected chi connectivity index (χ4v) is 4.94. The maximum atomic E-state index is 13.0. The molecule has 9 heteroatoms. The zero-order valence-electron chi connectivity index (χ0n) is 17.9. The van der Waals surface area contributed by atoms with E-state index in [1.807, 2.05) is 24.3 Å². The molecular weight excluding hydrogens is 426 g/mol. The molecule has 2 aliphatic rings. The lowest BCUT2D eigenvalue weighted by molar-refractivity contribution is -0.119. The van der Waals surface area contributed by atoms with Gasteiger partial charge in [0, 0.05) is 31.9 Å². The molecule has 32 heavy (non-hydrogen) atoms. The lowest BCUT2D eigenvalue weighted by Crippen LogP contribution is -2.41. The SMILES string of the molecule is N#Cc1ccc(CN2CCCN(CC(=O)N3CCc4cc(S(N)(=O)=O)ccc43)CC2)cc1. The molecule has 2 aromatic rings. The lowest BCUT2D eigenvalue weighted by atomic mass is 10.1. The predicted molar refractivity (Wildman–Crippen MR) is 121 cm³/mol. The average Bonchev–Trinajstić information content (AvgIpc) is 3.08. The summed E-state index contributed by atoms with van der Waals surface area (Å²) in [7, 11) is -3.75. The van der Waals surface area contributed by atoms with Crippen molar-refractivity contribution in [3.05, 3.63) is 59.2 Å². The minimum atomic E-state index is -3.75.